The minimum atomic E-state index is -2.20. The fourth-order valence-electron chi connectivity index (χ4n) is 4.62. The SMILES string of the molecule is CN(CCOCC[PH](c1ccccc1)(c1ccccc1)c1ccccc1)Cc1ccccc1. The van der Waals surface area contributed by atoms with E-state index >= 15 is 0 Å². The molecule has 0 radical (unpaired) electrons. The van der Waals surface area contributed by atoms with Gasteiger partial charge in [-0.05, 0) is 0 Å². The molecule has 0 fully saturated rings. The molecule has 0 aliphatic rings. The van der Waals surface area contributed by atoms with Crippen molar-refractivity contribution in [3.05, 3.63) is 127 Å². The number of benzene rings is 4. The van der Waals surface area contributed by atoms with Crippen molar-refractivity contribution >= 4 is 23.2 Å². The van der Waals surface area contributed by atoms with Crippen LogP contribution in [0.5, 0.6) is 0 Å². The van der Waals surface area contributed by atoms with E-state index in [1.807, 2.05) is 0 Å². The van der Waals surface area contributed by atoms with Crippen LogP contribution in [0.15, 0.2) is 121 Å². The van der Waals surface area contributed by atoms with E-state index < -0.39 is 7.26 Å². The average molecular weight is 456 g/mol. The van der Waals surface area contributed by atoms with Crippen LogP contribution in [0.2, 0.25) is 0 Å². The van der Waals surface area contributed by atoms with Crippen LogP contribution < -0.4 is 15.9 Å². The van der Waals surface area contributed by atoms with Crippen molar-refractivity contribution in [2.75, 3.05) is 33.0 Å². The third-order valence-electron chi connectivity index (χ3n) is 6.33. The fraction of sp³-hybridized carbons (Fsp3) is 0.200. The van der Waals surface area contributed by atoms with Gasteiger partial charge in [0.05, 0.1) is 0 Å². The Balaban J connectivity index is 1.49. The second-order valence-corrected chi connectivity index (χ2v) is 12.6. The van der Waals surface area contributed by atoms with Crippen molar-refractivity contribution in [2.24, 2.45) is 0 Å². The molecule has 4 aromatic carbocycles. The van der Waals surface area contributed by atoms with Crippen molar-refractivity contribution in [2.45, 2.75) is 6.54 Å². The van der Waals surface area contributed by atoms with E-state index in [-0.39, 0.29) is 0 Å². The zero-order valence-corrected chi connectivity index (χ0v) is 20.4. The van der Waals surface area contributed by atoms with Crippen LogP contribution in [0.4, 0.5) is 0 Å². The first-order valence-electron chi connectivity index (χ1n) is 11.8. The maximum absolute atomic E-state index is 6.26. The molecule has 0 N–H and O–H groups in total. The van der Waals surface area contributed by atoms with Crippen LogP contribution in [-0.2, 0) is 11.3 Å². The second-order valence-electron chi connectivity index (χ2n) is 8.59. The van der Waals surface area contributed by atoms with Gasteiger partial charge in [-0.1, -0.05) is 0 Å². The van der Waals surface area contributed by atoms with Gasteiger partial charge >= 0.3 is 199 Å². The molecule has 0 aliphatic carbocycles. The molecular formula is C30H34NOP. The molecule has 170 valence electrons. The Labute approximate surface area is 199 Å². The third-order valence-corrected chi connectivity index (χ3v) is 11.2. The monoisotopic (exact) mass is 455 g/mol. The number of hydrogen-bond acceptors (Lipinski definition) is 2. The summed E-state index contributed by atoms with van der Waals surface area (Å²) in [6.45, 7) is 3.36. The van der Waals surface area contributed by atoms with Crippen molar-refractivity contribution in [1.82, 2.24) is 4.90 Å². The molecule has 3 heteroatoms. The Kier molecular flexibility index (Phi) is 8.44. The average Bonchev–Trinajstić information content (AvgIpc) is 2.88. The fourth-order valence-corrected chi connectivity index (χ4v) is 9.22. The van der Waals surface area contributed by atoms with Gasteiger partial charge in [-0.15, -0.1) is 0 Å². The van der Waals surface area contributed by atoms with Gasteiger partial charge in [-0.3, -0.25) is 0 Å². The van der Waals surface area contributed by atoms with E-state index in [2.05, 4.69) is 133 Å². The molecule has 33 heavy (non-hydrogen) atoms. The standard InChI is InChI=1S/C30H34NOP/c1-31(26-27-14-6-2-7-15-27)22-23-32-24-25-33(28-16-8-3-9-17-28,29-18-10-4-11-19-29)30-20-12-5-13-21-30/h2-21,33H,22-26H2,1H3. The van der Waals surface area contributed by atoms with Crippen LogP contribution in [0, 0.1) is 0 Å². The minimum absolute atomic E-state index is 0.742. The number of ether oxygens (including phenoxy) is 1. The number of nitrogens with zero attached hydrogens (tertiary/aromatic N) is 1. The number of hydrogen-bond donors (Lipinski definition) is 0. The summed E-state index contributed by atoms with van der Waals surface area (Å²) in [6, 6.07) is 43.8. The summed E-state index contributed by atoms with van der Waals surface area (Å²) in [5.41, 5.74) is 1.34. The van der Waals surface area contributed by atoms with Crippen molar-refractivity contribution in [3.63, 3.8) is 0 Å². The maximum atomic E-state index is 6.26. The Morgan fingerprint density at radius 2 is 1.00 bits per heavy atom. The van der Waals surface area contributed by atoms with Gasteiger partial charge in [0, 0.05) is 0 Å². The van der Waals surface area contributed by atoms with Crippen LogP contribution >= 0.6 is 7.26 Å². The Morgan fingerprint density at radius 1 is 0.576 bits per heavy atom. The molecule has 4 rings (SSSR count). The summed E-state index contributed by atoms with van der Waals surface area (Å²) < 4.78 is 6.26. The van der Waals surface area contributed by atoms with Crippen LogP contribution in [0.3, 0.4) is 0 Å². The molecule has 4 aromatic rings. The van der Waals surface area contributed by atoms with Gasteiger partial charge in [0.25, 0.3) is 0 Å². The zero-order valence-electron chi connectivity index (χ0n) is 19.4. The predicted molar refractivity (Wildman–Crippen MR) is 145 cm³/mol. The van der Waals surface area contributed by atoms with Gasteiger partial charge in [0.2, 0.25) is 0 Å². The third kappa shape index (κ3) is 5.97. The van der Waals surface area contributed by atoms with Gasteiger partial charge in [-0.2, -0.15) is 0 Å². The second kappa shape index (κ2) is 11.9. The zero-order chi connectivity index (χ0) is 22.8. The summed E-state index contributed by atoms with van der Waals surface area (Å²) >= 11 is 0. The molecular weight excluding hydrogens is 421 g/mol. The first-order valence-corrected chi connectivity index (χ1v) is 14.0. The Bertz CT molecular complexity index is 975. The van der Waals surface area contributed by atoms with Gasteiger partial charge < -0.3 is 0 Å². The van der Waals surface area contributed by atoms with Crippen LogP contribution in [0.1, 0.15) is 5.56 Å². The van der Waals surface area contributed by atoms with Crippen molar-refractivity contribution < 1.29 is 4.74 Å². The molecule has 0 bridgehead atoms. The van der Waals surface area contributed by atoms with E-state index in [1.54, 1.807) is 0 Å². The molecule has 0 heterocycles. The molecule has 0 saturated carbocycles. The quantitative estimate of drug-likeness (QED) is 0.237. The van der Waals surface area contributed by atoms with E-state index in [0.717, 1.165) is 32.5 Å². The molecule has 0 aliphatic heterocycles. The summed E-state index contributed by atoms with van der Waals surface area (Å²) in [5, 5.41) is 4.31. The molecule has 0 spiro atoms. The molecule has 0 aromatic heterocycles. The summed E-state index contributed by atoms with van der Waals surface area (Å²) in [5.74, 6) is 0. The van der Waals surface area contributed by atoms with Crippen molar-refractivity contribution in [3.8, 4) is 0 Å². The van der Waals surface area contributed by atoms with Crippen LogP contribution in [0.25, 0.3) is 0 Å². The summed E-state index contributed by atoms with van der Waals surface area (Å²) in [6.07, 6.45) is 1.02. The normalized spacial score (nSPS) is 12.1. The Hall–Kier alpha value is -2.77. The van der Waals surface area contributed by atoms with Crippen molar-refractivity contribution in [1.29, 1.82) is 0 Å². The first kappa shape index (κ1) is 23.4. The Morgan fingerprint density at radius 3 is 1.45 bits per heavy atom. The number of likely N-dealkylation sites (N-methyl/N-ethyl adjacent to an activating group) is 1. The van der Waals surface area contributed by atoms with Gasteiger partial charge in [0.15, 0.2) is 0 Å². The molecule has 0 unspecified atom stereocenters. The van der Waals surface area contributed by atoms with E-state index in [1.165, 1.54) is 21.5 Å². The number of rotatable bonds is 11. The topological polar surface area (TPSA) is 12.5 Å². The predicted octanol–water partition coefficient (Wildman–Crippen LogP) is 4.86. The van der Waals surface area contributed by atoms with Gasteiger partial charge in [-0.25, -0.2) is 0 Å². The van der Waals surface area contributed by atoms with Gasteiger partial charge in [0.1, 0.15) is 0 Å². The van der Waals surface area contributed by atoms with E-state index in [4.69, 9.17) is 4.74 Å². The molecule has 2 nitrogen and oxygen atoms in total. The molecule has 0 amide bonds. The van der Waals surface area contributed by atoms with E-state index in [0.29, 0.717) is 0 Å². The summed E-state index contributed by atoms with van der Waals surface area (Å²) in [7, 11) is -0.0405. The van der Waals surface area contributed by atoms with Crippen LogP contribution in [-0.4, -0.2) is 37.9 Å². The molecule has 0 saturated heterocycles. The first-order chi connectivity index (χ1) is 16.3. The summed E-state index contributed by atoms with van der Waals surface area (Å²) in [4.78, 5) is 2.33. The van der Waals surface area contributed by atoms with E-state index in [9.17, 15) is 0 Å². The molecule has 0 atom stereocenters.